The Morgan fingerprint density at radius 3 is 2.05 bits per heavy atom. The molecular weight excluding hydrogens is 240 g/mol. The Bertz CT molecular complexity index is 580. The Kier molecular flexibility index (Phi) is 3.98. The molecule has 0 amide bonds. The molecule has 1 N–H and O–H groups in total. The van der Waals surface area contributed by atoms with Gasteiger partial charge in [0.05, 0.1) is 0 Å². The third-order valence-corrected chi connectivity index (χ3v) is 2.56. The smallest absolute Gasteiger partial charge is 0.328 e. The summed E-state index contributed by atoms with van der Waals surface area (Å²) in [7, 11) is 0. The van der Waals surface area contributed by atoms with Crippen LogP contribution in [0.1, 0.15) is 11.1 Å². The summed E-state index contributed by atoms with van der Waals surface area (Å²) in [4.78, 5) is 10.4. The van der Waals surface area contributed by atoms with Crippen molar-refractivity contribution in [3.63, 3.8) is 0 Å². The van der Waals surface area contributed by atoms with Crippen LogP contribution in [0.25, 0.3) is 6.08 Å². The molecular formula is C16H14O3. The molecule has 0 radical (unpaired) electrons. The highest BCUT2D eigenvalue weighted by Crippen LogP contribution is 2.22. The van der Waals surface area contributed by atoms with Crippen LogP contribution in [0.5, 0.6) is 11.5 Å². The lowest BCUT2D eigenvalue weighted by molar-refractivity contribution is -0.131. The molecule has 0 saturated heterocycles. The zero-order chi connectivity index (χ0) is 13.7. The van der Waals surface area contributed by atoms with Crippen molar-refractivity contribution < 1.29 is 14.6 Å². The highest BCUT2D eigenvalue weighted by molar-refractivity contribution is 5.85. The average Bonchev–Trinajstić information content (AvgIpc) is 2.40. The van der Waals surface area contributed by atoms with Crippen LogP contribution in [-0.4, -0.2) is 11.1 Å². The molecule has 0 saturated carbocycles. The summed E-state index contributed by atoms with van der Waals surface area (Å²) in [6.07, 6.45) is 2.65. The molecule has 0 aliphatic heterocycles. The Morgan fingerprint density at radius 2 is 1.53 bits per heavy atom. The van der Waals surface area contributed by atoms with Gasteiger partial charge in [-0.15, -0.1) is 0 Å². The third-order valence-electron chi connectivity index (χ3n) is 2.56. The van der Waals surface area contributed by atoms with Gasteiger partial charge in [0.2, 0.25) is 0 Å². The number of rotatable bonds is 4. The van der Waals surface area contributed by atoms with Gasteiger partial charge in [-0.3, -0.25) is 0 Å². The van der Waals surface area contributed by atoms with Crippen molar-refractivity contribution in [2.45, 2.75) is 6.92 Å². The maximum absolute atomic E-state index is 10.4. The van der Waals surface area contributed by atoms with Crippen LogP contribution in [-0.2, 0) is 4.79 Å². The molecule has 0 unspecified atom stereocenters. The van der Waals surface area contributed by atoms with Crippen LogP contribution >= 0.6 is 0 Å². The van der Waals surface area contributed by atoms with Crippen molar-refractivity contribution in [1.29, 1.82) is 0 Å². The Balaban J connectivity index is 2.06. The van der Waals surface area contributed by atoms with E-state index >= 15 is 0 Å². The van der Waals surface area contributed by atoms with Crippen LogP contribution < -0.4 is 4.74 Å². The van der Waals surface area contributed by atoms with Crippen molar-refractivity contribution >= 4 is 12.0 Å². The fourth-order valence-electron chi connectivity index (χ4n) is 1.56. The molecule has 0 bridgehead atoms. The van der Waals surface area contributed by atoms with E-state index in [1.54, 1.807) is 12.1 Å². The Hall–Kier alpha value is -2.55. The van der Waals surface area contributed by atoms with Crippen molar-refractivity contribution in [3.8, 4) is 11.5 Å². The van der Waals surface area contributed by atoms with E-state index in [9.17, 15) is 4.79 Å². The topological polar surface area (TPSA) is 46.5 Å². The molecule has 0 aliphatic rings. The Morgan fingerprint density at radius 1 is 1.00 bits per heavy atom. The van der Waals surface area contributed by atoms with Gasteiger partial charge in [-0.1, -0.05) is 29.8 Å². The van der Waals surface area contributed by atoms with Crippen LogP contribution in [0.2, 0.25) is 0 Å². The van der Waals surface area contributed by atoms with E-state index in [4.69, 9.17) is 9.84 Å². The van der Waals surface area contributed by atoms with Crippen molar-refractivity contribution in [3.05, 3.63) is 65.7 Å². The second-order valence-electron chi connectivity index (χ2n) is 4.16. The standard InChI is InChI=1S/C16H14O3/c1-12-2-7-14(8-3-12)19-15-9-4-13(5-10-15)6-11-16(17)18/h2-11H,1H3,(H,17,18). The summed E-state index contributed by atoms with van der Waals surface area (Å²) < 4.78 is 5.67. The second kappa shape index (κ2) is 5.87. The predicted molar refractivity (Wildman–Crippen MR) is 74.4 cm³/mol. The number of carboxylic acid groups (broad SMARTS) is 1. The number of ether oxygens (including phenoxy) is 1. The summed E-state index contributed by atoms with van der Waals surface area (Å²) in [5.41, 5.74) is 2.00. The quantitative estimate of drug-likeness (QED) is 0.842. The second-order valence-corrected chi connectivity index (χ2v) is 4.16. The lowest BCUT2D eigenvalue weighted by Gasteiger charge is -2.06. The van der Waals surface area contributed by atoms with Gasteiger partial charge in [0, 0.05) is 6.08 Å². The van der Waals surface area contributed by atoms with Gasteiger partial charge in [0.25, 0.3) is 0 Å². The van der Waals surface area contributed by atoms with E-state index in [0.29, 0.717) is 0 Å². The highest BCUT2D eigenvalue weighted by atomic mass is 16.5. The molecule has 0 spiro atoms. The first-order chi connectivity index (χ1) is 9.13. The van der Waals surface area contributed by atoms with Gasteiger partial charge in [0.1, 0.15) is 11.5 Å². The summed E-state index contributed by atoms with van der Waals surface area (Å²) in [6, 6.07) is 15.0. The zero-order valence-electron chi connectivity index (χ0n) is 10.5. The van der Waals surface area contributed by atoms with E-state index in [2.05, 4.69) is 0 Å². The lowest BCUT2D eigenvalue weighted by atomic mass is 10.2. The number of hydrogen-bond acceptors (Lipinski definition) is 2. The molecule has 0 atom stereocenters. The van der Waals surface area contributed by atoms with E-state index < -0.39 is 5.97 Å². The maximum atomic E-state index is 10.4. The van der Waals surface area contributed by atoms with Crippen LogP contribution in [0.3, 0.4) is 0 Å². The summed E-state index contributed by atoms with van der Waals surface area (Å²) in [6.45, 7) is 2.02. The average molecular weight is 254 g/mol. The van der Waals surface area contributed by atoms with E-state index in [1.807, 2.05) is 43.3 Å². The number of carboxylic acids is 1. The largest absolute Gasteiger partial charge is 0.478 e. The maximum Gasteiger partial charge on any atom is 0.328 e. The molecule has 3 heteroatoms. The predicted octanol–water partition coefficient (Wildman–Crippen LogP) is 3.89. The molecule has 19 heavy (non-hydrogen) atoms. The summed E-state index contributed by atoms with van der Waals surface area (Å²) in [5.74, 6) is 0.538. The minimum atomic E-state index is -0.958. The van der Waals surface area contributed by atoms with Gasteiger partial charge in [-0.2, -0.15) is 0 Å². The normalized spacial score (nSPS) is 10.6. The monoisotopic (exact) mass is 254 g/mol. The molecule has 0 fully saturated rings. The van der Waals surface area contributed by atoms with Gasteiger partial charge >= 0.3 is 5.97 Å². The van der Waals surface area contributed by atoms with E-state index in [1.165, 1.54) is 11.6 Å². The molecule has 0 aromatic heterocycles. The highest BCUT2D eigenvalue weighted by Gasteiger charge is 1.97. The van der Waals surface area contributed by atoms with Crippen LogP contribution in [0.15, 0.2) is 54.6 Å². The van der Waals surface area contributed by atoms with Crippen LogP contribution in [0.4, 0.5) is 0 Å². The fraction of sp³-hybridized carbons (Fsp3) is 0.0625. The van der Waals surface area contributed by atoms with Gasteiger partial charge in [-0.05, 0) is 42.8 Å². The van der Waals surface area contributed by atoms with Gasteiger partial charge in [0.15, 0.2) is 0 Å². The minimum absolute atomic E-state index is 0.719. The first kappa shape index (κ1) is 12.9. The number of aliphatic carboxylic acids is 1. The molecule has 2 aromatic rings. The summed E-state index contributed by atoms with van der Waals surface area (Å²) >= 11 is 0. The molecule has 0 heterocycles. The van der Waals surface area contributed by atoms with Crippen LogP contribution in [0, 0.1) is 6.92 Å². The van der Waals surface area contributed by atoms with Gasteiger partial charge < -0.3 is 9.84 Å². The lowest BCUT2D eigenvalue weighted by Crippen LogP contribution is -1.86. The molecule has 2 aromatic carbocycles. The molecule has 2 rings (SSSR count). The van der Waals surface area contributed by atoms with E-state index in [-0.39, 0.29) is 0 Å². The van der Waals surface area contributed by atoms with E-state index in [0.717, 1.165) is 23.1 Å². The SMILES string of the molecule is Cc1ccc(Oc2ccc(C=CC(=O)O)cc2)cc1. The number of hydrogen-bond donors (Lipinski definition) is 1. The van der Waals surface area contributed by atoms with Crippen molar-refractivity contribution in [2.75, 3.05) is 0 Å². The first-order valence-electron chi connectivity index (χ1n) is 5.89. The third kappa shape index (κ3) is 4.00. The molecule has 3 nitrogen and oxygen atoms in total. The number of carbonyl (C=O) groups is 1. The first-order valence-corrected chi connectivity index (χ1v) is 5.89. The fourth-order valence-corrected chi connectivity index (χ4v) is 1.56. The minimum Gasteiger partial charge on any atom is -0.478 e. The van der Waals surface area contributed by atoms with Crippen molar-refractivity contribution in [2.24, 2.45) is 0 Å². The van der Waals surface area contributed by atoms with Gasteiger partial charge in [-0.25, -0.2) is 4.79 Å². The van der Waals surface area contributed by atoms with Crippen molar-refractivity contribution in [1.82, 2.24) is 0 Å². The number of aryl methyl sites for hydroxylation is 1. The Labute approximate surface area is 111 Å². The molecule has 96 valence electrons. The summed E-state index contributed by atoms with van der Waals surface area (Å²) in [5, 5.41) is 8.54. The number of benzene rings is 2. The molecule has 0 aliphatic carbocycles. The zero-order valence-corrected chi connectivity index (χ0v) is 10.5.